The van der Waals surface area contributed by atoms with Crippen molar-refractivity contribution in [1.82, 2.24) is 0 Å². The predicted octanol–water partition coefficient (Wildman–Crippen LogP) is 6.15. The summed E-state index contributed by atoms with van der Waals surface area (Å²) in [5.41, 5.74) is -1.88. The number of aliphatic hydroxyl groups is 3. The third kappa shape index (κ3) is 12.9. The van der Waals surface area contributed by atoms with Gasteiger partial charge in [-0.25, -0.2) is 14.4 Å². The van der Waals surface area contributed by atoms with Crippen LogP contribution in [0.4, 0.5) is 0 Å². The van der Waals surface area contributed by atoms with Crippen molar-refractivity contribution in [2.75, 3.05) is 7.11 Å². The van der Waals surface area contributed by atoms with Gasteiger partial charge in [0.15, 0.2) is 30.1 Å². The Balaban J connectivity index is 0.000000247. The van der Waals surface area contributed by atoms with E-state index in [0.717, 1.165) is 12.8 Å². The molecule has 3 aromatic rings. The maximum Gasteiger partial charge on any atom is 0.338 e. The van der Waals surface area contributed by atoms with Crippen LogP contribution in [0.15, 0.2) is 91.0 Å². The van der Waals surface area contributed by atoms with E-state index in [1.165, 1.54) is 20.8 Å². The van der Waals surface area contributed by atoms with Crippen LogP contribution in [-0.2, 0) is 71.2 Å². The molecule has 10 rings (SSSR count). The lowest BCUT2D eigenvalue weighted by Gasteiger charge is -2.47. The first kappa shape index (κ1) is 63.7. The third-order valence-electron chi connectivity index (χ3n) is 14.0. The Hall–Kier alpha value is -5.88. The van der Waals surface area contributed by atoms with E-state index in [0.29, 0.717) is 42.4 Å². The number of rotatable bonds is 10. The van der Waals surface area contributed by atoms with E-state index in [-0.39, 0.29) is 54.0 Å². The van der Waals surface area contributed by atoms with Gasteiger partial charge in [-0.05, 0) is 88.8 Å². The standard InChI is InChI=1S/C20H22O9.C18H22O6.C14H16O6.4CH4/c1-11(21)25-16-17(26-12(2)22)20(29-19(16)27-13(3)23)10-9-15(20)28-18(24)14-7-5-4-6-8-14;1-17(2)22-13-14(23-17)18(24-16(13)20-3)10-9-12(18)21-15(19)11-7-5-4-6-8-11;15-10-11(16)14(20-13(10)18)7-6-9(14)19-12(17)8-4-2-1-3-5-8;;;;/h4-8,15-17,19H,9-10H2,1-3H3;4-8,12-14,16H,9-10H2,1-3H3;1-5,9-11,13,15-16,18H,6-7H2;4*1H4/t15-,16?,17-,19-,20+;12-,13?,14-,16-,18+;9-,10?,11-,13-,14+;;;;/m111..../s1. The number of benzene rings is 3. The van der Waals surface area contributed by atoms with Gasteiger partial charge in [-0.2, -0.15) is 0 Å². The highest BCUT2D eigenvalue weighted by molar-refractivity contribution is 5.90. The quantitative estimate of drug-likeness (QED) is 0.152. The molecule has 0 aromatic heterocycles. The van der Waals surface area contributed by atoms with Crippen LogP contribution >= 0.6 is 0 Å². The summed E-state index contributed by atoms with van der Waals surface area (Å²) in [6.45, 7) is 7.29. The summed E-state index contributed by atoms with van der Waals surface area (Å²) in [5.74, 6) is -4.10. The maximum atomic E-state index is 12.5. The van der Waals surface area contributed by atoms with Gasteiger partial charge in [-0.15, -0.1) is 0 Å². The summed E-state index contributed by atoms with van der Waals surface area (Å²) in [6.07, 6.45) is -7.40. The summed E-state index contributed by atoms with van der Waals surface area (Å²) in [5, 5.41) is 29.0. The van der Waals surface area contributed by atoms with E-state index in [1.807, 2.05) is 32.0 Å². The van der Waals surface area contributed by atoms with Crippen molar-refractivity contribution in [2.45, 2.75) is 199 Å². The Morgan fingerprint density at radius 1 is 0.494 bits per heavy atom. The summed E-state index contributed by atoms with van der Waals surface area (Å²) in [7, 11) is 1.58. The smallest absolute Gasteiger partial charge is 0.338 e. The van der Waals surface area contributed by atoms with Gasteiger partial charge < -0.3 is 72.2 Å². The average Bonchev–Trinajstić information content (AvgIpc) is 4.03. The molecule has 3 N–H and O–H groups in total. The summed E-state index contributed by atoms with van der Waals surface area (Å²) >= 11 is 0. The average molecular weight is 1090 g/mol. The normalized spacial score (nSPS) is 33.9. The molecule has 3 aromatic carbocycles. The molecule has 21 heteroatoms. The lowest BCUT2D eigenvalue weighted by atomic mass is 9.72. The molecule has 3 unspecified atom stereocenters. The van der Waals surface area contributed by atoms with Gasteiger partial charge >= 0.3 is 35.8 Å². The van der Waals surface area contributed by atoms with Crippen molar-refractivity contribution in [2.24, 2.45) is 0 Å². The number of esters is 6. The second-order valence-electron chi connectivity index (χ2n) is 19.1. The topological polar surface area (TPSA) is 274 Å². The van der Waals surface area contributed by atoms with Gasteiger partial charge in [0.2, 0.25) is 12.4 Å². The van der Waals surface area contributed by atoms with E-state index in [2.05, 4.69) is 0 Å². The number of fused-ring (bicyclic) bond motifs is 2. The molecule has 0 radical (unpaired) electrons. The number of hydrogen-bond acceptors (Lipinski definition) is 21. The molecule has 0 bridgehead atoms. The molecule has 3 aliphatic carbocycles. The van der Waals surface area contributed by atoms with Crippen molar-refractivity contribution < 1.29 is 101 Å². The Kier molecular flexibility index (Phi) is 21.3. The molecule has 4 aliphatic heterocycles. The number of carbonyl (C=O) groups is 6. The number of ether oxygens (including phenoxy) is 12. The van der Waals surface area contributed by atoms with Crippen LogP contribution < -0.4 is 0 Å². The molecule has 7 fully saturated rings. The highest BCUT2D eigenvalue weighted by atomic mass is 16.8. The zero-order valence-electron chi connectivity index (χ0n) is 41.0. The van der Waals surface area contributed by atoms with Crippen LogP contribution in [0.1, 0.15) is 134 Å². The molecule has 3 spiro atoms. The van der Waals surface area contributed by atoms with Crippen LogP contribution in [0.5, 0.6) is 0 Å². The van der Waals surface area contributed by atoms with E-state index in [4.69, 9.17) is 56.8 Å². The highest BCUT2D eigenvalue weighted by Crippen LogP contribution is 2.55. The lowest BCUT2D eigenvalue weighted by Crippen LogP contribution is -2.62. The van der Waals surface area contributed by atoms with Gasteiger partial charge in [0.1, 0.15) is 53.9 Å². The van der Waals surface area contributed by atoms with Crippen LogP contribution in [0.2, 0.25) is 0 Å². The summed E-state index contributed by atoms with van der Waals surface area (Å²) < 4.78 is 67.1. The van der Waals surface area contributed by atoms with E-state index < -0.39 is 108 Å². The largest absolute Gasteiger partial charge is 0.456 e. The molecular weight excluding hydrogens is 1010 g/mol. The fraction of sp³-hybridized carbons (Fsp3) is 0.571. The summed E-state index contributed by atoms with van der Waals surface area (Å²) in [4.78, 5) is 71.6. The Morgan fingerprint density at radius 2 is 0.896 bits per heavy atom. The number of aliphatic hydroxyl groups excluding tert-OH is 3. The van der Waals surface area contributed by atoms with Gasteiger partial charge in [-0.3, -0.25) is 14.4 Å². The first-order valence-corrected chi connectivity index (χ1v) is 24.0. The minimum absolute atomic E-state index is 0. The van der Waals surface area contributed by atoms with Gasteiger partial charge in [0.25, 0.3) is 0 Å². The second-order valence-corrected chi connectivity index (χ2v) is 19.1. The molecule has 4 saturated heterocycles. The van der Waals surface area contributed by atoms with Crippen LogP contribution in [-0.4, -0.2) is 155 Å². The van der Waals surface area contributed by atoms with Crippen molar-refractivity contribution in [3.05, 3.63) is 108 Å². The lowest BCUT2D eigenvalue weighted by molar-refractivity contribution is -0.288. The highest BCUT2D eigenvalue weighted by Gasteiger charge is 2.71. The monoisotopic (exact) mass is 1080 g/mol. The van der Waals surface area contributed by atoms with Crippen LogP contribution in [0.3, 0.4) is 0 Å². The molecule has 77 heavy (non-hydrogen) atoms. The van der Waals surface area contributed by atoms with Crippen molar-refractivity contribution in [1.29, 1.82) is 0 Å². The van der Waals surface area contributed by atoms with Crippen molar-refractivity contribution in [3.63, 3.8) is 0 Å². The van der Waals surface area contributed by atoms with E-state index >= 15 is 0 Å². The zero-order chi connectivity index (χ0) is 52.5. The van der Waals surface area contributed by atoms with E-state index in [1.54, 1.807) is 79.9 Å². The number of methoxy groups -OCH3 is 1. The molecule has 3 saturated carbocycles. The number of hydrogen-bond donors (Lipinski definition) is 3. The molecule has 4 heterocycles. The SMILES string of the molecule is C.C.C.C.CC(=O)OC1[C@H](OC(C)=O)O[C@]2(CC[C@H]2OC(=O)c2ccccc2)[C@@H]1OC(C)=O.CO[C@@H]1O[C@]2(CC[C@H]2OC(=O)c2ccccc2)[C@@H]2OC(C)(C)OC12.O=C(O[C@@H]1CC[C@]12O[C@@H](O)C(O)[C@H]2O)c1ccccc1. The molecule has 21 nitrogen and oxygen atoms in total. The van der Waals surface area contributed by atoms with Gasteiger partial charge in [-0.1, -0.05) is 84.3 Å². The van der Waals surface area contributed by atoms with Crippen LogP contribution in [0.25, 0.3) is 0 Å². The fourth-order valence-corrected chi connectivity index (χ4v) is 10.2. The minimum atomic E-state index is -1.46. The fourth-order valence-electron chi connectivity index (χ4n) is 10.2. The van der Waals surface area contributed by atoms with Gasteiger partial charge in [0, 0.05) is 27.9 Å². The Bertz CT molecular complexity index is 2470. The van der Waals surface area contributed by atoms with Crippen molar-refractivity contribution in [3.8, 4) is 0 Å². The first-order chi connectivity index (χ1) is 34.7. The molecular formula is C56H76O21. The third-order valence-corrected chi connectivity index (χ3v) is 14.0. The number of carbonyl (C=O) groups excluding carboxylic acids is 6. The van der Waals surface area contributed by atoms with Crippen LogP contribution in [0, 0.1) is 0 Å². The Morgan fingerprint density at radius 3 is 1.26 bits per heavy atom. The molecule has 15 atom stereocenters. The molecule has 426 valence electrons. The summed E-state index contributed by atoms with van der Waals surface area (Å²) in [6, 6.07) is 25.8. The molecule has 7 aliphatic rings. The van der Waals surface area contributed by atoms with Crippen molar-refractivity contribution >= 4 is 35.8 Å². The predicted molar refractivity (Wildman–Crippen MR) is 272 cm³/mol. The second kappa shape index (κ2) is 25.7. The molecule has 0 amide bonds. The first-order valence-electron chi connectivity index (χ1n) is 24.0. The maximum absolute atomic E-state index is 12.5. The van der Waals surface area contributed by atoms with Gasteiger partial charge in [0.05, 0.1) is 16.7 Å². The zero-order valence-corrected chi connectivity index (χ0v) is 41.0. The Labute approximate surface area is 449 Å². The minimum Gasteiger partial charge on any atom is -0.456 e. The van der Waals surface area contributed by atoms with E-state index in [9.17, 15) is 44.1 Å².